The zero-order chi connectivity index (χ0) is 22.6. The highest BCUT2D eigenvalue weighted by Crippen LogP contribution is 2.29. The predicted molar refractivity (Wildman–Crippen MR) is 126 cm³/mol. The van der Waals surface area contributed by atoms with Gasteiger partial charge in [-0.1, -0.05) is 49.7 Å². The van der Waals surface area contributed by atoms with Gasteiger partial charge in [0.2, 0.25) is 15.9 Å². The van der Waals surface area contributed by atoms with E-state index in [1.54, 1.807) is 18.2 Å². The Kier molecular flexibility index (Phi) is 7.17. The molecule has 32 heavy (non-hydrogen) atoms. The number of carbonyl (C=O) groups excluding carboxylic acids is 1. The van der Waals surface area contributed by atoms with Crippen molar-refractivity contribution in [1.82, 2.24) is 18.0 Å². The maximum absolute atomic E-state index is 13.5. The number of amides is 1. The monoisotopic (exact) mass is 472 g/mol. The van der Waals surface area contributed by atoms with Crippen molar-refractivity contribution in [3.05, 3.63) is 54.1 Å². The van der Waals surface area contributed by atoms with Gasteiger partial charge in [-0.2, -0.15) is 13.1 Å². The third-order valence-corrected chi connectivity index (χ3v) is 8.35. The van der Waals surface area contributed by atoms with E-state index in [0.717, 1.165) is 30.1 Å². The van der Waals surface area contributed by atoms with Gasteiger partial charge in [0.1, 0.15) is 15.9 Å². The van der Waals surface area contributed by atoms with E-state index in [1.165, 1.54) is 4.31 Å². The molecule has 3 aromatic rings. The number of carbonyl (C=O) groups is 1. The van der Waals surface area contributed by atoms with Crippen LogP contribution < -0.4 is 0 Å². The maximum atomic E-state index is 13.5. The Bertz CT molecular complexity index is 1160. The lowest BCUT2D eigenvalue weighted by Crippen LogP contribution is -2.46. The second-order valence-corrected chi connectivity index (χ2v) is 10.6. The van der Waals surface area contributed by atoms with Gasteiger partial charge in [0.05, 0.1) is 17.6 Å². The van der Waals surface area contributed by atoms with Crippen LogP contribution in [0, 0.1) is 5.92 Å². The molecule has 0 radical (unpaired) electrons. The molecule has 1 atom stereocenters. The lowest BCUT2D eigenvalue weighted by atomic mass is 9.97. The summed E-state index contributed by atoms with van der Waals surface area (Å²) in [7, 11) is -3.76. The van der Waals surface area contributed by atoms with E-state index < -0.39 is 10.0 Å². The van der Waals surface area contributed by atoms with Crippen LogP contribution in [0.2, 0.25) is 0 Å². The number of hydrogen-bond donors (Lipinski definition) is 0. The Labute approximate surface area is 193 Å². The van der Waals surface area contributed by atoms with Crippen molar-refractivity contribution in [2.75, 3.05) is 19.6 Å². The predicted octanol–water partition coefficient (Wildman–Crippen LogP) is 3.92. The Morgan fingerprint density at radius 1 is 1.16 bits per heavy atom. The molecular weight excluding hydrogens is 444 g/mol. The van der Waals surface area contributed by atoms with Crippen LogP contribution in [-0.4, -0.2) is 51.9 Å². The molecule has 0 N–H and O–H groups in total. The molecule has 1 aromatic heterocycles. The molecule has 9 heteroatoms. The minimum Gasteiger partial charge on any atom is -0.338 e. The quantitative estimate of drug-likeness (QED) is 0.496. The van der Waals surface area contributed by atoms with E-state index in [4.69, 9.17) is 0 Å². The first-order chi connectivity index (χ1) is 15.5. The van der Waals surface area contributed by atoms with Crippen LogP contribution in [0.15, 0.2) is 53.4 Å². The fraction of sp³-hybridized carbons (Fsp3) is 0.435. The highest BCUT2D eigenvalue weighted by molar-refractivity contribution is 7.89. The van der Waals surface area contributed by atoms with E-state index >= 15 is 0 Å². The minimum atomic E-state index is -3.76. The number of aromatic nitrogens is 2. The average Bonchev–Trinajstić information content (AvgIpc) is 3.31. The number of nitrogens with zero attached hydrogens (tertiary/aromatic N) is 4. The highest BCUT2D eigenvalue weighted by atomic mass is 32.2. The van der Waals surface area contributed by atoms with Crippen molar-refractivity contribution in [2.45, 2.75) is 44.0 Å². The second-order valence-electron chi connectivity index (χ2n) is 8.19. The standard InChI is InChI=1S/C23H28N4O3S2/c1-2-3-14-26(16-18-9-5-4-6-10-18)23(28)19-11-8-15-27(17-19)32(29,30)21-13-7-12-20-22(21)25-31-24-20/h4-7,9-10,12-13,19H,2-3,8,11,14-17H2,1H3/t19-/m0/s1. The first kappa shape index (κ1) is 22.8. The first-order valence-electron chi connectivity index (χ1n) is 11.0. The third kappa shape index (κ3) is 4.84. The topological polar surface area (TPSA) is 83.5 Å². The average molecular weight is 473 g/mol. The number of piperidine rings is 1. The lowest BCUT2D eigenvalue weighted by Gasteiger charge is -2.34. The van der Waals surface area contributed by atoms with Crippen molar-refractivity contribution in [3.8, 4) is 0 Å². The van der Waals surface area contributed by atoms with Crippen molar-refractivity contribution < 1.29 is 13.2 Å². The number of hydrogen-bond acceptors (Lipinski definition) is 6. The molecular formula is C23H28N4O3S2. The molecule has 2 aromatic carbocycles. The molecule has 1 aliphatic heterocycles. The molecule has 1 saturated heterocycles. The van der Waals surface area contributed by atoms with E-state index in [0.29, 0.717) is 43.5 Å². The fourth-order valence-corrected chi connectivity index (χ4v) is 6.45. The highest BCUT2D eigenvalue weighted by Gasteiger charge is 2.36. The molecule has 4 rings (SSSR count). The van der Waals surface area contributed by atoms with Crippen LogP contribution in [0.5, 0.6) is 0 Å². The fourth-order valence-electron chi connectivity index (χ4n) is 4.17. The Hall–Kier alpha value is -2.36. The van der Waals surface area contributed by atoms with Crippen LogP contribution >= 0.6 is 11.7 Å². The largest absolute Gasteiger partial charge is 0.338 e. The first-order valence-corrected chi connectivity index (χ1v) is 13.2. The van der Waals surface area contributed by atoms with Crippen LogP contribution in [0.4, 0.5) is 0 Å². The number of unbranched alkanes of at least 4 members (excludes halogenated alkanes) is 1. The molecule has 1 fully saturated rings. The van der Waals surface area contributed by atoms with E-state index in [9.17, 15) is 13.2 Å². The number of sulfonamides is 1. The minimum absolute atomic E-state index is 0.0377. The van der Waals surface area contributed by atoms with Crippen LogP contribution in [0.1, 0.15) is 38.2 Å². The third-order valence-electron chi connectivity index (χ3n) is 5.91. The molecule has 2 heterocycles. The molecule has 0 aliphatic carbocycles. The smallest absolute Gasteiger partial charge is 0.245 e. The van der Waals surface area contributed by atoms with Crippen LogP contribution in [0.3, 0.4) is 0 Å². The maximum Gasteiger partial charge on any atom is 0.245 e. The van der Waals surface area contributed by atoms with Crippen molar-refractivity contribution in [3.63, 3.8) is 0 Å². The molecule has 1 aliphatic rings. The summed E-state index contributed by atoms with van der Waals surface area (Å²) in [6, 6.07) is 15.0. The SMILES string of the molecule is CCCCN(Cc1ccccc1)C(=O)[C@H]1CCCN(S(=O)(=O)c2cccc3nsnc23)C1. The Balaban J connectivity index is 1.54. The van der Waals surface area contributed by atoms with Crippen molar-refractivity contribution in [2.24, 2.45) is 5.92 Å². The van der Waals surface area contributed by atoms with E-state index in [-0.39, 0.29) is 23.3 Å². The van der Waals surface area contributed by atoms with Gasteiger partial charge in [0, 0.05) is 26.2 Å². The molecule has 7 nitrogen and oxygen atoms in total. The Morgan fingerprint density at radius 2 is 1.97 bits per heavy atom. The Morgan fingerprint density at radius 3 is 2.75 bits per heavy atom. The number of rotatable bonds is 8. The zero-order valence-electron chi connectivity index (χ0n) is 18.2. The molecule has 0 unspecified atom stereocenters. The van der Waals surface area contributed by atoms with Gasteiger partial charge in [-0.3, -0.25) is 4.79 Å². The van der Waals surface area contributed by atoms with Crippen molar-refractivity contribution in [1.29, 1.82) is 0 Å². The normalized spacial score (nSPS) is 17.5. The van der Waals surface area contributed by atoms with Gasteiger partial charge in [-0.15, -0.1) is 0 Å². The number of benzene rings is 2. The van der Waals surface area contributed by atoms with Crippen LogP contribution in [0.25, 0.3) is 11.0 Å². The summed E-state index contributed by atoms with van der Waals surface area (Å²) in [5, 5.41) is 0. The zero-order valence-corrected chi connectivity index (χ0v) is 19.8. The summed E-state index contributed by atoms with van der Waals surface area (Å²) >= 11 is 1.00. The molecule has 170 valence electrons. The van der Waals surface area contributed by atoms with Gasteiger partial charge in [0.25, 0.3) is 0 Å². The van der Waals surface area contributed by atoms with Gasteiger partial charge in [-0.05, 0) is 37.0 Å². The summed E-state index contributed by atoms with van der Waals surface area (Å²) < 4.78 is 36.7. The summed E-state index contributed by atoms with van der Waals surface area (Å²) in [5.41, 5.74) is 2.06. The molecule has 0 saturated carbocycles. The summed E-state index contributed by atoms with van der Waals surface area (Å²) in [4.78, 5) is 15.5. The van der Waals surface area contributed by atoms with E-state index in [1.807, 2.05) is 35.2 Å². The van der Waals surface area contributed by atoms with E-state index in [2.05, 4.69) is 15.7 Å². The lowest BCUT2D eigenvalue weighted by molar-refractivity contribution is -0.137. The second kappa shape index (κ2) is 10.1. The summed E-state index contributed by atoms with van der Waals surface area (Å²) in [5.74, 6) is -0.303. The summed E-state index contributed by atoms with van der Waals surface area (Å²) in [6.45, 7) is 3.94. The van der Waals surface area contributed by atoms with Gasteiger partial charge in [-0.25, -0.2) is 8.42 Å². The van der Waals surface area contributed by atoms with Gasteiger partial charge >= 0.3 is 0 Å². The van der Waals surface area contributed by atoms with Gasteiger partial charge in [0.15, 0.2) is 0 Å². The van der Waals surface area contributed by atoms with Gasteiger partial charge < -0.3 is 4.90 Å². The summed E-state index contributed by atoms with van der Waals surface area (Å²) in [6.07, 6.45) is 3.28. The molecule has 1 amide bonds. The number of fused-ring (bicyclic) bond motifs is 1. The molecule has 0 spiro atoms. The van der Waals surface area contributed by atoms with Crippen LogP contribution in [-0.2, 0) is 21.4 Å². The van der Waals surface area contributed by atoms with Crippen molar-refractivity contribution >= 4 is 38.7 Å². The molecule has 0 bridgehead atoms.